The lowest BCUT2D eigenvalue weighted by atomic mass is 9.98. The third kappa shape index (κ3) is 6.43. The van der Waals surface area contributed by atoms with E-state index in [9.17, 15) is 4.39 Å². The van der Waals surface area contributed by atoms with Gasteiger partial charge in [-0.15, -0.1) is 24.0 Å². The van der Waals surface area contributed by atoms with Crippen LogP contribution in [0.5, 0.6) is 0 Å². The Morgan fingerprint density at radius 2 is 2.14 bits per heavy atom. The molecule has 2 N–H and O–H groups in total. The lowest BCUT2D eigenvalue weighted by Gasteiger charge is -2.31. The fourth-order valence-corrected chi connectivity index (χ4v) is 4.00. The number of aliphatic imine (C=N–C) groups is 1. The van der Waals surface area contributed by atoms with Crippen molar-refractivity contribution in [2.45, 2.75) is 39.2 Å². The third-order valence-electron chi connectivity index (χ3n) is 5.47. The Morgan fingerprint density at radius 3 is 2.89 bits per heavy atom. The molecule has 2 fully saturated rings. The number of hydrogen-bond acceptors (Lipinski definition) is 4. The van der Waals surface area contributed by atoms with Crippen LogP contribution in [0.15, 0.2) is 23.3 Å². The molecule has 0 amide bonds. The number of likely N-dealkylation sites (tertiary alicyclic amines) is 1. The average Bonchev–Trinajstić information content (AvgIpc) is 3.15. The van der Waals surface area contributed by atoms with E-state index in [-0.39, 0.29) is 35.8 Å². The molecule has 1 aromatic rings. The Balaban J connectivity index is 0.00000280. The van der Waals surface area contributed by atoms with Crippen LogP contribution in [0.2, 0.25) is 0 Å². The number of pyridine rings is 1. The van der Waals surface area contributed by atoms with E-state index >= 15 is 0 Å². The lowest BCUT2D eigenvalue weighted by molar-refractivity contribution is 0.186. The van der Waals surface area contributed by atoms with Gasteiger partial charge < -0.3 is 20.4 Å². The number of piperidine rings is 1. The molecule has 8 heteroatoms. The van der Waals surface area contributed by atoms with Crippen molar-refractivity contribution in [3.05, 3.63) is 24.1 Å². The van der Waals surface area contributed by atoms with Crippen LogP contribution in [0.3, 0.4) is 0 Å². The second-order valence-corrected chi connectivity index (χ2v) is 7.51. The number of hydrogen-bond donors (Lipinski definition) is 2. The van der Waals surface area contributed by atoms with Crippen LogP contribution < -0.4 is 15.5 Å². The Morgan fingerprint density at radius 1 is 1.29 bits per heavy atom. The smallest absolute Gasteiger partial charge is 0.191 e. The molecule has 2 saturated heterocycles. The number of aromatic nitrogens is 1. The molecule has 2 aliphatic rings. The zero-order valence-corrected chi connectivity index (χ0v) is 19.4. The molecule has 3 rings (SSSR count). The highest BCUT2D eigenvalue weighted by molar-refractivity contribution is 14.0. The number of nitrogens with zero attached hydrogens (tertiary/aromatic N) is 4. The molecule has 28 heavy (non-hydrogen) atoms. The Hall–Kier alpha value is -1.16. The summed E-state index contributed by atoms with van der Waals surface area (Å²) >= 11 is 0. The minimum Gasteiger partial charge on any atom is -0.357 e. The highest BCUT2D eigenvalue weighted by atomic mass is 127. The summed E-state index contributed by atoms with van der Waals surface area (Å²) in [4.78, 5) is 13.6. The summed E-state index contributed by atoms with van der Waals surface area (Å²) in [5, 5.41) is 6.89. The van der Waals surface area contributed by atoms with E-state index in [1.165, 1.54) is 25.5 Å². The normalized spacial score (nSPS) is 23.4. The first-order valence-corrected chi connectivity index (χ1v) is 10.3. The van der Waals surface area contributed by atoms with Gasteiger partial charge in [0.1, 0.15) is 0 Å². The van der Waals surface area contributed by atoms with Crippen LogP contribution in [-0.2, 0) is 0 Å². The van der Waals surface area contributed by atoms with E-state index in [4.69, 9.17) is 4.99 Å². The maximum absolute atomic E-state index is 14.0. The predicted octanol–water partition coefficient (Wildman–Crippen LogP) is 2.70. The zero-order valence-electron chi connectivity index (χ0n) is 17.0. The molecule has 2 aliphatic heterocycles. The molecule has 0 bridgehead atoms. The molecule has 6 nitrogen and oxygen atoms in total. The van der Waals surface area contributed by atoms with Crippen molar-refractivity contribution in [2.75, 3.05) is 50.7 Å². The van der Waals surface area contributed by atoms with Crippen LogP contribution >= 0.6 is 24.0 Å². The molecule has 3 heterocycles. The van der Waals surface area contributed by atoms with Gasteiger partial charge in [-0.25, -0.2) is 9.37 Å². The van der Waals surface area contributed by atoms with Crippen LogP contribution in [0, 0.1) is 11.7 Å². The third-order valence-corrected chi connectivity index (χ3v) is 5.47. The van der Waals surface area contributed by atoms with E-state index in [2.05, 4.69) is 34.4 Å². The Bertz CT molecular complexity index is 628. The number of rotatable bonds is 6. The minimum absolute atomic E-state index is 0. The van der Waals surface area contributed by atoms with Crippen LogP contribution in [-0.4, -0.2) is 67.7 Å². The second-order valence-electron chi connectivity index (χ2n) is 7.51. The van der Waals surface area contributed by atoms with E-state index in [1.54, 1.807) is 12.3 Å². The minimum atomic E-state index is -0.253. The number of nitrogens with one attached hydrogen (secondary N) is 2. The van der Waals surface area contributed by atoms with Gasteiger partial charge in [0.25, 0.3) is 0 Å². The van der Waals surface area contributed by atoms with Gasteiger partial charge in [0.15, 0.2) is 17.6 Å². The Labute approximate surface area is 185 Å². The largest absolute Gasteiger partial charge is 0.357 e. The van der Waals surface area contributed by atoms with E-state index in [0.717, 1.165) is 51.6 Å². The van der Waals surface area contributed by atoms with Gasteiger partial charge in [0.05, 0.1) is 0 Å². The molecule has 1 aromatic heterocycles. The highest BCUT2D eigenvalue weighted by Gasteiger charge is 2.26. The fourth-order valence-electron chi connectivity index (χ4n) is 4.00. The molecule has 0 radical (unpaired) electrons. The quantitative estimate of drug-likeness (QED) is 0.355. The van der Waals surface area contributed by atoms with Gasteiger partial charge in [0, 0.05) is 45.0 Å². The molecule has 0 aliphatic carbocycles. The summed E-state index contributed by atoms with van der Waals surface area (Å²) in [6.07, 6.45) is 5.13. The van der Waals surface area contributed by atoms with Gasteiger partial charge in [-0.2, -0.15) is 0 Å². The number of guanidine groups is 1. The SMILES string of the molecule is CCNC(=NCC1CCCN(CC)C1)NC1CCN(c2ncccc2F)C1.I. The van der Waals surface area contributed by atoms with Crippen LogP contribution in [0.25, 0.3) is 0 Å². The van der Waals surface area contributed by atoms with Gasteiger partial charge in [-0.3, -0.25) is 4.99 Å². The van der Waals surface area contributed by atoms with E-state index in [1.807, 2.05) is 4.90 Å². The van der Waals surface area contributed by atoms with Crippen molar-refractivity contribution in [3.63, 3.8) is 0 Å². The molecule has 2 atom stereocenters. The summed E-state index contributed by atoms with van der Waals surface area (Å²) in [5.74, 6) is 1.71. The lowest BCUT2D eigenvalue weighted by Crippen LogP contribution is -2.45. The molecular formula is C20H34FIN6. The first kappa shape index (κ1) is 23.1. The van der Waals surface area contributed by atoms with Gasteiger partial charge >= 0.3 is 0 Å². The van der Waals surface area contributed by atoms with Crippen molar-refractivity contribution in [3.8, 4) is 0 Å². The monoisotopic (exact) mass is 504 g/mol. The summed E-state index contributed by atoms with van der Waals surface area (Å²) in [7, 11) is 0. The first-order chi connectivity index (χ1) is 13.2. The van der Waals surface area contributed by atoms with Gasteiger partial charge in [0.2, 0.25) is 0 Å². The average molecular weight is 504 g/mol. The van der Waals surface area contributed by atoms with Crippen LogP contribution in [0.1, 0.15) is 33.1 Å². The molecule has 0 saturated carbocycles. The second kappa shape index (κ2) is 11.7. The van der Waals surface area contributed by atoms with E-state index in [0.29, 0.717) is 11.7 Å². The predicted molar refractivity (Wildman–Crippen MR) is 124 cm³/mol. The molecular weight excluding hydrogens is 470 g/mol. The van der Waals surface area contributed by atoms with Crippen molar-refractivity contribution < 1.29 is 4.39 Å². The zero-order chi connectivity index (χ0) is 19.1. The topological polar surface area (TPSA) is 55.8 Å². The molecule has 158 valence electrons. The summed E-state index contributed by atoms with van der Waals surface area (Å²) < 4.78 is 14.0. The van der Waals surface area contributed by atoms with Crippen molar-refractivity contribution in [1.29, 1.82) is 0 Å². The van der Waals surface area contributed by atoms with Gasteiger partial charge in [-0.1, -0.05) is 6.92 Å². The van der Waals surface area contributed by atoms with Gasteiger partial charge in [-0.05, 0) is 57.3 Å². The molecule has 0 aromatic carbocycles. The van der Waals surface area contributed by atoms with Crippen molar-refractivity contribution in [1.82, 2.24) is 20.5 Å². The van der Waals surface area contributed by atoms with Crippen molar-refractivity contribution >= 4 is 35.8 Å². The standard InChI is InChI=1S/C20H33FN6.HI/c1-3-22-20(24-13-16-7-6-11-26(4-2)14-16)25-17-9-12-27(15-17)19-18(21)8-5-10-23-19;/h5,8,10,16-17H,3-4,6-7,9,11-15H2,1-2H3,(H2,22,24,25);1H. The first-order valence-electron chi connectivity index (χ1n) is 10.3. The fraction of sp³-hybridized carbons (Fsp3) is 0.700. The maximum Gasteiger partial charge on any atom is 0.191 e. The van der Waals surface area contributed by atoms with E-state index < -0.39 is 0 Å². The summed E-state index contributed by atoms with van der Waals surface area (Å²) in [5.41, 5.74) is 0. The highest BCUT2D eigenvalue weighted by Crippen LogP contribution is 2.21. The maximum atomic E-state index is 14.0. The van der Waals surface area contributed by atoms with Crippen LogP contribution in [0.4, 0.5) is 10.2 Å². The molecule has 0 spiro atoms. The number of anilines is 1. The summed E-state index contributed by atoms with van der Waals surface area (Å²) in [6.45, 7) is 11.0. The number of halogens is 2. The molecule has 2 unspecified atom stereocenters. The summed E-state index contributed by atoms with van der Waals surface area (Å²) in [6, 6.07) is 3.35. The van der Waals surface area contributed by atoms with Crippen molar-refractivity contribution in [2.24, 2.45) is 10.9 Å². The Kier molecular flexibility index (Phi) is 9.70.